The molecule has 0 spiro atoms. The molecule has 2 aromatic heterocycles. The third-order valence-corrected chi connectivity index (χ3v) is 4.93. The monoisotopic (exact) mass is 399 g/mol. The fraction of sp³-hybridized carbons (Fsp3) is 0. The predicted molar refractivity (Wildman–Crippen MR) is 102 cm³/mol. The van der Waals surface area contributed by atoms with Gasteiger partial charge in [0.25, 0.3) is 17.5 Å². The second kappa shape index (κ2) is 6.78. The zero-order valence-electron chi connectivity index (χ0n) is 13.5. The van der Waals surface area contributed by atoms with Crippen LogP contribution in [-0.4, -0.2) is 25.4 Å². The first-order valence-corrected chi connectivity index (χ1v) is 8.93. The molecule has 0 saturated heterocycles. The number of hydrogen-bond acceptors (Lipinski definition) is 6. The molecule has 10 heteroatoms. The maximum absolute atomic E-state index is 12.5. The average Bonchev–Trinajstić information content (AvgIpc) is 3.22. The Balaban J connectivity index is 1.65. The van der Waals surface area contributed by atoms with Crippen LogP contribution in [0, 0.1) is 10.1 Å². The van der Waals surface area contributed by atoms with Crippen LogP contribution in [0.1, 0.15) is 10.4 Å². The molecule has 0 atom stereocenters. The fourth-order valence-electron chi connectivity index (χ4n) is 2.51. The molecule has 4 aromatic rings. The van der Waals surface area contributed by atoms with Crippen molar-refractivity contribution in [1.29, 1.82) is 0 Å². The number of anilines is 1. The lowest BCUT2D eigenvalue weighted by atomic mass is 10.2. The highest BCUT2D eigenvalue weighted by atomic mass is 35.5. The molecule has 0 radical (unpaired) electrons. The van der Waals surface area contributed by atoms with E-state index in [-0.39, 0.29) is 22.2 Å². The molecule has 0 aliphatic heterocycles. The van der Waals surface area contributed by atoms with Gasteiger partial charge in [-0.15, -0.1) is 16.4 Å². The molecule has 1 amide bonds. The standard InChI is InChI=1S/C17H10ClN5O3S/c18-13-7-6-11(23(25)26)8-12(13)15(24)19-16-20-17-22(21-16)14(9-27-17)10-4-2-1-3-5-10/h1-9H,(H,19,21,24). The van der Waals surface area contributed by atoms with Gasteiger partial charge in [0, 0.05) is 23.1 Å². The summed E-state index contributed by atoms with van der Waals surface area (Å²) in [6, 6.07) is 13.3. The molecule has 0 aliphatic carbocycles. The topological polar surface area (TPSA) is 102 Å². The molecule has 8 nitrogen and oxygen atoms in total. The number of carbonyl (C=O) groups excluding carboxylic acids is 1. The van der Waals surface area contributed by atoms with Crippen LogP contribution in [0.15, 0.2) is 53.9 Å². The molecule has 1 N–H and O–H groups in total. The number of nitrogens with zero attached hydrogens (tertiary/aromatic N) is 4. The van der Waals surface area contributed by atoms with Gasteiger partial charge in [-0.2, -0.15) is 4.98 Å². The number of halogens is 1. The Morgan fingerprint density at radius 1 is 1.22 bits per heavy atom. The van der Waals surface area contributed by atoms with Gasteiger partial charge >= 0.3 is 0 Å². The Bertz CT molecular complexity index is 1170. The van der Waals surface area contributed by atoms with Crippen molar-refractivity contribution in [2.75, 3.05) is 5.32 Å². The van der Waals surface area contributed by atoms with Crippen molar-refractivity contribution in [1.82, 2.24) is 14.6 Å². The second-order valence-corrected chi connectivity index (χ2v) is 6.74. The summed E-state index contributed by atoms with van der Waals surface area (Å²) in [5.41, 5.74) is 1.56. The summed E-state index contributed by atoms with van der Waals surface area (Å²) in [6.45, 7) is 0. The largest absolute Gasteiger partial charge is 0.289 e. The lowest BCUT2D eigenvalue weighted by Crippen LogP contribution is -2.14. The summed E-state index contributed by atoms with van der Waals surface area (Å²) in [6.07, 6.45) is 0. The summed E-state index contributed by atoms with van der Waals surface area (Å²) in [5.74, 6) is -0.533. The smallest absolute Gasteiger partial charge is 0.270 e. The van der Waals surface area contributed by atoms with Gasteiger partial charge < -0.3 is 0 Å². The maximum atomic E-state index is 12.5. The van der Waals surface area contributed by atoms with Crippen LogP contribution >= 0.6 is 22.9 Å². The average molecular weight is 400 g/mol. The second-order valence-electron chi connectivity index (χ2n) is 5.49. The molecule has 2 heterocycles. The van der Waals surface area contributed by atoms with Crippen molar-refractivity contribution in [3.8, 4) is 11.3 Å². The summed E-state index contributed by atoms with van der Waals surface area (Å²) >= 11 is 7.38. The summed E-state index contributed by atoms with van der Waals surface area (Å²) < 4.78 is 1.63. The van der Waals surface area contributed by atoms with E-state index in [4.69, 9.17) is 11.6 Å². The number of amides is 1. The van der Waals surface area contributed by atoms with Gasteiger partial charge in [0.2, 0.25) is 4.96 Å². The number of nitrogens with one attached hydrogen (secondary N) is 1. The first-order valence-electron chi connectivity index (χ1n) is 7.68. The number of carbonyl (C=O) groups is 1. The van der Waals surface area contributed by atoms with Crippen LogP contribution in [0.4, 0.5) is 11.6 Å². The molecule has 0 aliphatic rings. The zero-order chi connectivity index (χ0) is 19.0. The minimum Gasteiger partial charge on any atom is -0.289 e. The molecule has 0 unspecified atom stereocenters. The molecule has 27 heavy (non-hydrogen) atoms. The molecule has 134 valence electrons. The van der Waals surface area contributed by atoms with Gasteiger partial charge in [0.05, 0.1) is 21.2 Å². The molecule has 0 fully saturated rings. The van der Waals surface area contributed by atoms with Gasteiger partial charge in [-0.05, 0) is 6.07 Å². The van der Waals surface area contributed by atoms with Crippen molar-refractivity contribution in [3.63, 3.8) is 0 Å². The van der Waals surface area contributed by atoms with E-state index in [1.54, 1.807) is 4.52 Å². The zero-order valence-corrected chi connectivity index (χ0v) is 15.1. The van der Waals surface area contributed by atoms with Crippen molar-refractivity contribution in [3.05, 3.63) is 74.6 Å². The lowest BCUT2D eigenvalue weighted by Gasteiger charge is -2.03. The molecular weight excluding hydrogens is 390 g/mol. The van der Waals surface area contributed by atoms with Crippen LogP contribution in [0.2, 0.25) is 5.02 Å². The highest BCUT2D eigenvalue weighted by Crippen LogP contribution is 2.26. The number of hydrogen-bond donors (Lipinski definition) is 1. The number of rotatable bonds is 4. The Hall–Kier alpha value is -3.30. The summed E-state index contributed by atoms with van der Waals surface area (Å²) in [5, 5.41) is 19.8. The molecule has 4 rings (SSSR count). The van der Waals surface area contributed by atoms with E-state index < -0.39 is 10.8 Å². The van der Waals surface area contributed by atoms with Crippen LogP contribution in [0.3, 0.4) is 0 Å². The number of thiazole rings is 1. The van der Waals surface area contributed by atoms with E-state index >= 15 is 0 Å². The van der Waals surface area contributed by atoms with Crippen LogP contribution < -0.4 is 5.32 Å². The van der Waals surface area contributed by atoms with Crippen molar-refractivity contribution < 1.29 is 9.72 Å². The number of fused-ring (bicyclic) bond motifs is 1. The normalized spacial score (nSPS) is 10.9. The van der Waals surface area contributed by atoms with E-state index in [0.29, 0.717) is 4.96 Å². The lowest BCUT2D eigenvalue weighted by molar-refractivity contribution is -0.384. The van der Waals surface area contributed by atoms with Crippen LogP contribution in [-0.2, 0) is 0 Å². The first-order chi connectivity index (χ1) is 13.0. The van der Waals surface area contributed by atoms with Gasteiger partial charge in [0.15, 0.2) is 0 Å². The molecule has 0 saturated carbocycles. The quantitative estimate of drug-likeness (QED) is 0.407. The highest BCUT2D eigenvalue weighted by molar-refractivity contribution is 7.15. The Morgan fingerprint density at radius 3 is 2.74 bits per heavy atom. The van der Waals surface area contributed by atoms with Gasteiger partial charge in [-0.25, -0.2) is 4.52 Å². The number of non-ortho nitro benzene ring substituents is 1. The van der Waals surface area contributed by atoms with E-state index in [2.05, 4.69) is 15.4 Å². The minimum atomic E-state index is -0.622. The number of benzene rings is 2. The predicted octanol–water partition coefficient (Wildman–Crippen LogP) is 4.27. The Kier molecular flexibility index (Phi) is 4.30. The number of nitro benzene ring substituents is 1. The van der Waals surface area contributed by atoms with E-state index in [1.165, 1.54) is 23.5 Å². The van der Waals surface area contributed by atoms with Crippen LogP contribution in [0.5, 0.6) is 0 Å². The minimum absolute atomic E-state index is 0.0210. The Morgan fingerprint density at radius 2 is 2.00 bits per heavy atom. The SMILES string of the molecule is O=C(Nc1nc2scc(-c3ccccc3)n2n1)c1cc([N+](=O)[O-])ccc1Cl. The van der Waals surface area contributed by atoms with Gasteiger partial charge in [-0.3, -0.25) is 20.2 Å². The van der Waals surface area contributed by atoms with Crippen molar-refractivity contribution in [2.45, 2.75) is 0 Å². The Labute approximate surface area is 161 Å². The van der Waals surface area contributed by atoms with Gasteiger partial charge in [-0.1, -0.05) is 41.9 Å². The van der Waals surface area contributed by atoms with E-state index in [1.807, 2.05) is 35.7 Å². The summed E-state index contributed by atoms with van der Waals surface area (Å²) in [7, 11) is 0. The molecular formula is C17H10ClN5O3S. The third-order valence-electron chi connectivity index (χ3n) is 3.78. The van der Waals surface area contributed by atoms with Crippen molar-refractivity contribution >= 4 is 45.4 Å². The highest BCUT2D eigenvalue weighted by Gasteiger charge is 2.18. The molecule has 0 bridgehead atoms. The van der Waals surface area contributed by atoms with Gasteiger partial charge in [0.1, 0.15) is 0 Å². The number of aromatic nitrogens is 3. The summed E-state index contributed by atoms with van der Waals surface area (Å²) in [4.78, 5) is 27.6. The maximum Gasteiger partial charge on any atom is 0.270 e. The van der Waals surface area contributed by atoms with E-state index in [9.17, 15) is 14.9 Å². The third kappa shape index (κ3) is 3.25. The first kappa shape index (κ1) is 17.1. The van der Waals surface area contributed by atoms with E-state index in [0.717, 1.165) is 17.3 Å². The number of nitro groups is 1. The fourth-order valence-corrected chi connectivity index (χ4v) is 3.55. The van der Waals surface area contributed by atoms with Crippen molar-refractivity contribution in [2.24, 2.45) is 0 Å². The molecule has 2 aromatic carbocycles. The van der Waals surface area contributed by atoms with Crippen LogP contribution in [0.25, 0.3) is 16.2 Å².